The average molecular weight is 555 g/mol. The number of carbonyl (C=O) groups excluding carboxylic acids is 1. The van der Waals surface area contributed by atoms with Crippen LogP contribution in [-0.4, -0.2) is 30.8 Å². The molecule has 7 nitrogen and oxygen atoms in total. The molecule has 5 aromatic rings. The monoisotopic (exact) mass is 554 g/mol. The summed E-state index contributed by atoms with van der Waals surface area (Å²) in [6.07, 6.45) is 3.31. The summed E-state index contributed by atoms with van der Waals surface area (Å²) >= 11 is 1.45. The number of amides is 1. The molecule has 1 aliphatic heterocycles. The second-order valence-corrected chi connectivity index (χ2v) is 12.4. The quantitative estimate of drug-likeness (QED) is 0.258. The van der Waals surface area contributed by atoms with E-state index >= 15 is 0 Å². The van der Waals surface area contributed by atoms with E-state index in [4.69, 9.17) is 4.98 Å². The maximum Gasteiger partial charge on any atom is 0.264 e. The first-order valence-corrected chi connectivity index (χ1v) is 15.0. The van der Waals surface area contributed by atoms with Crippen molar-refractivity contribution in [2.75, 3.05) is 15.7 Å². The van der Waals surface area contributed by atoms with Crippen molar-refractivity contribution in [1.29, 1.82) is 0 Å². The van der Waals surface area contributed by atoms with E-state index in [1.807, 2.05) is 61.5 Å². The largest absolute Gasteiger partial charge is 0.278 e. The molecular formula is C30H26N4O3S2. The molecule has 3 aromatic carbocycles. The van der Waals surface area contributed by atoms with Crippen molar-refractivity contribution in [3.05, 3.63) is 114 Å². The van der Waals surface area contributed by atoms with Gasteiger partial charge in [-0.2, -0.15) is 0 Å². The highest BCUT2D eigenvalue weighted by Crippen LogP contribution is 2.33. The van der Waals surface area contributed by atoms with Gasteiger partial charge in [0.1, 0.15) is 0 Å². The zero-order valence-electron chi connectivity index (χ0n) is 21.3. The van der Waals surface area contributed by atoms with Crippen LogP contribution in [0.1, 0.15) is 33.6 Å². The Morgan fingerprint density at radius 1 is 1.00 bits per heavy atom. The van der Waals surface area contributed by atoms with Crippen LogP contribution in [0, 0.1) is 6.92 Å². The van der Waals surface area contributed by atoms with Crippen LogP contribution in [0.3, 0.4) is 0 Å². The Labute approximate surface area is 231 Å². The molecule has 0 unspecified atom stereocenters. The van der Waals surface area contributed by atoms with E-state index in [0.29, 0.717) is 17.2 Å². The van der Waals surface area contributed by atoms with Gasteiger partial charge in [0.05, 0.1) is 33.0 Å². The van der Waals surface area contributed by atoms with Crippen LogP contribution in [0.4, 0.5) is 10.8 Å². The number of aromatic nitrogens is 2. The lowest BCUT2D eigenvalue weighted by Crippen LogP contribution is -2.35. The molecule has 0 spiro atoms. The van der Waals surface area contributed by atoms with Gasteiger partial charge in [-0.25, -0.2) is 13.4 Å². The summed E-state index contributed by atoms with van der Waals surface area (Å²) in [7, 11) is -3.77. The topological polar surface area (TPSA) is 83.5 Å². The number of thiazole rings is 1. The van der Waals surface area contributed by atoms with Crippen LogP contribution in [0.2, 0.25) is 0 Å². The third kappa shape index (κ3) is 4.91. The van der Waals surface area contributed by atoms with E-state index in [1.165, 1.54) is 27.8 Å². The first kappa shape index (κ1) is 25.2. The van der Waals surface area contributed by atoms with Crippen molar-refractivity contribution < 1.29 is 13.2 Å². The number of hydrogen-bond acceptors (Lipinski definition) is 6. The smallest absolute Gasteiger partial charge is 0.264 e. The fourth-order valence-electron chi connectivity index (χ4n) is 4.82. The molecule has 0 aliphatic carbocycles. The van der Waals surface area contributed by atoms with E-state index in [2.05, 4.69) is 11.1 Å². The number of pyridine rings is 1. The van der Waals surface area contributed by atoms with Crippen LogP contribution in [0.25, 0.3) is 10.2 Å². The Morgan fingerprint density at radius 2 is 1.79 bits per heavy atom. The number of fused-ring (bicyclic) bond motifs is 2. The van der Waals surface area contributed by atoms with E-state index in [9.17, 15) is 13.2 Å². The number of para-hydroxylation sites is 1. The van der Waals surface area contributed by atoms with Gasteiger partial charge in [-0.15, -0.1) is 0 Å². The Morgan fingerprint density at radius 3 is 2.59 bits per heavy atom. The molecule has 6 rings (SSSR count). The van der Waals surface area contributed by atoms with Gasteiger partial charge >= 0.3 is 0 Å². The maximum absolute atomic E-state index is 13.8. The molecule has 0 radical (unpaired) electrons. The highest BCUT2D eigenvalue weighted by Gasteiger charge is 2.29. The van der Waals surface area contributed by atoms with Crippen molar-refractivity contribution in [3.63, 3.8) is 0 Å². The lowest BCUT2D eigenvalue weighted by atomic mass is 10.0. The van der Waals surface area contributed by atoms with Crippen molar-refractivity contribution in [2.24, 2.45) is 0 Å². The lowest BCUT2D eigenvalue weighted by Gasteiger charge is -2.30. The number of nitrogens with zero attached hydrogens (tertiary/aromatic N) is 4. The molecule has 39 heavy (non-hydrogen) atoms. The van der Waals surface area contributed by atoms with Crippen molar-refractivity contribution in [2.45, 2.75) is 31.2 Å². The normalized spacial score (nSPS) is 13.3. The van der Waals surface area contributed by atoms with Crippen molar-refractivity contribution >= 4 is 48.3 Å². The highest BCUT2D eigenvalue weighted by molar-refractivity contribution is 7.92. The molecule has 2 aromatic heterocycles. The molecule has 0 bridgehead atoms. The number of hydrogen-bond donors (Lipinski definition) is 0. The van der Waals surface area contributed by atoms with Crippen LogP contribution in [0.5, 0.6) is 0 Å². The summed E-state index contributed by atoms with van der Waals surface area (Å²) in [6, 6.07) is 25.4. The number of carbonyl (C=O) groups is 1. The molecule has 0 saturated heterocycles. The molecule has 0 saturated carbocycles. The number of benzene rings is 3. The van der Waals surface area contributed by atoms with Crippen LogP contribution in [0.15, 0.2) is 96.0 Å². The summed E-state index contributed by atoms with van der Waals surface area (Å²) in [5, 5.41) is 0.563. The van der Waals surface area contributed by atoms with Crippen LogP contribution >= 0.6 is 11.3 Å². The average Bonchev–Trinajstić information content (AvgIpc) is 3.38. The molecule has 3 heterocycles. The fraction of sp³-hybridized carbons (Fsp3) is 0.167. The summed E-state index contributed by atoms with van der Waals surface area (Å²) in [5.74, 6) is -0.274. The molecule has 0 fully saturated rings. The lowest BCUT2D eigenvalue weighted by molar-refractivity contribution is 0.0984. The Hall–Kier alpha value is -4.08. The van der Waals surface area contributed by atoms with Gasteiger partial charge < -0.3 is 0 Å². The Balaban J connectivity index is 1.33. The molecule has 0 atom stereocenters. The fourth-order valence-corrected chi connectivity index (χ4v) is 7.42. The molecule has 196 valence electrons. The van der Waals surface area contributed by atoms with Gasteiger partial charge in [0.15, 0.2) is 5.13 Å². The zero-order chi connectivity index (χ0) is 27.0. The molecule has 9 heteroatoms. The van der Waals surface area contributed by atoms with Gasteiger partial charge in [-0.3, -0.25) is 19.0 Å². The second kappa shape index (κ2) is 10.2. The van der Waals surface area contributed by atoms with Gasteiger partial charge in [0, 0.05) is 18.3 Å². The molecule has 0 N–H and O–H groups in total. The number of sulfonamides is 1. The van der Waals surface area contributed by atoms with Gasteiger partial charge in [0.2, 0.25) is 0 Å². The second-order valence-electron chi connectivity index (χ2n) is 9.51. The summed E-state index contributed by atoms with van der Waals surface area (Å²) in [6.45, 7) is 2.69. The van der Waals surface area contributed by atoms with Crippen molar-refractivity contribution in [3.8, 4) is 0 Å². The predicted octanol–water partition coefficient (Wildman–Crippen LogP) is 5.99. The van der Waals surface area contributed by atoms with Crippen molar-refractivity contribution in [1.82, 2.24) is 9.97 Å². The third-order valence-corrected chi connectivity index (χ3v) is 9.68. The minimum atomic E-state index is -3.77. The minimum absolute atomic E-state index is 0.155. The van der Waals surface area contributed by atoms with E-state index in [1.54, 1.807) is 23.2 Å². The summed E-state index contributed by atoms with van der Waals surface area (Å²) in [4.78, 5) is 24.7. The number of aryl methyl sites for hydroxylation is 2. The standard InChI is InChI=1S/C30H26N4O3S2/c1-21-11-16-26-28(19-21)38-30(32-26)33(20-24-9-4-5-17-31-24)29(35)23-12-14-25(15-13-23)39(36,37)34-18-6-8-22-7-2-3-10-27(22)34/h2-5,7,9-17,19H,6,8,18,20H2,1H3. The SMILES string of the molecule is Cc1ccc2nc(N(Cc3ccccn3)C(=O)c3ccc(S(=O)(=O)N4CCCc5ccccc54)cc3)sc2c1. The predicted molar refractivity (Wildman–Crippen MR) is 155 cm³/mol. The van der Waals surface area contributed by atoms with Gasteiger partial charge in [-0.05, 0) is 85.5 Å². The Kier molecular flexibility index (Phi) is 6.62. The number of rotatable bonds is 6. The van der Waals surface area contributed by atoms with E-state index in [0.717, 1.165) is 45.6 Å². The van der Waals surface area contributed by atoms with Crippen LogP contribution in [-0.2, 0) is 23.0 Å². The van der Waals surface area contributed by atoms with E-state index < -0.39 is 10.0 Å². The first-order valence-electron chi connectivity index (χ1n) is 12.7. The molecular weight excluding hydrogens is 528 g/mol. The highest BCUT2D eigenvalue weighted by atomic mass is 32.2. The summed E-state index contributed by atoms with van der Waals surface area (Å²) < 4.78 is 29.6. The number of anilines is 2. The Bertz CT molecular complexity index is 1770. The maximum atomic E-state index is 13.8. The molecule has 1 amide bonds. The van der Waals surface area contributed by atoms with Crippen LogP contribution < -0.4 is 9.21 Å². The van der Waals surface area contributed by atoms with E-state index in [-0.39, 0.29) is 17.3 Å². The third-order valence-electron chi connectivity index (χ3n) is 6.81. The minimum Gasteiger partial charge on any atom is -0.278 e. The molecule has 1 aliphatic rings. The first-order chi connectivity index (χ1) is 18.9. The van der Waals surface area contributed by atoms with Gasteiger partial charge in [-0.1, -0.05) is 41.7 Å². The summed E-state index contributed by atoms with van der Waals surface area (Å²) in [5.41, 5.74) is 4.78. The zero-order valence-corrected chi connectivity index (χ0v) is 23.0. The van der Waals surface area contributed by atoms with Gasteiger partial charge in [0.25, 0.3) is 15.9 Å².